The predicted octanol–water partition coefficient (Wildman–Crippen LogP) is 2.55. The Morgan fingerprint density at radius 3 is 3.00 bits per heavy atom. The van der Waals surface area contributed by atoms with Gasteiger partial charge < -0.3 is 10.2 Å². The van der Waals surface area contributed by atoms with Crippen LogP contribution in [-0.2, 0) is 0 Å². The van der Waals surface area contributed by atoms with E-state index in [4.69, 9.17) is 0 Å². The van der Waals surface area contributed by atoms with E-state index in [0.29, 0.717) is 6.04 Å². The second-order valence-corrected chi connectivity index (χ2v) is 5.90. The summed E-state index contributed by atoms with van der Waals surface area (Å²) in [4.78, 5) is 11.3. The molecule has 4 nitrogen and oxygen atoms in total. The Hall–Kier alpha value is -0.970. The van der Waals surface area contributed by atoms with Crippen LogP contribution >= 0.6 is 11.8 Å². The smallest absolute Gasteiger partial charge is 0.224 e. The number of nitrogens with one attached hydrogen (secondary N) is 1. The maximum Gasteiger partial charge on any atom is 0.224 e. The molecule has 18 heavy (non-hydrogen) atoms. The first-order valence-electron chi connectivity index (χ1n) is 6.61. The average molecular weight is 266 g/mol. The van der Waals surface area contributed by atoms with Gasteiger partial charge in [-0.2, -0.15) is 16.7 Å². The van der Waals surface area contributed by atoms with Crippen molar-refractivity contribution in [3.63, 3.8) is 0 Å². The summed E-state index contributed by atoms with van der Waals surface area (Å²) in [7, 11) is 2.14. The van der Waals surface area contributed by atoms with Gasteiger partial charge in [0.2, 0.25) is 5.95 Å². The van der Waals surface area contributed by atoms with Crippen LogP contribution < -0.4 is 10.2 Å². The highest BCUT2D eigenvalue weighted by Crippen LogP contribution is 2.25. The second kappa shape index (κ2) is 6.27. The lowest BCUT2D eigenvalue weighted by Gasteiger charge is -2.25. The Balaban J connectivity index is 2.13. The van der Waals surface area contributed by atoms with Crippen LogP contribution in [0.4, 0.5) is 11.8 Å². The van der Waals surface area contributed by atoms with Gasteiger partial charge in [-0.3, -0.25) is 0 Å². The van der Waals surface area contributed by atoms with E-state index in [1.54, 1.807) is 0 Å². The Kier molecular flexibility index (Phi) is 4.69. The van der Waals surface area contributed by atoms with Crippen molar-refractivity contribution in [3.05, 3.63) is 11.8 Å². The molecule has 1 saturated heterocycles. The quantitative estimate of drug-likeness (QED) is 0.887. The van der Waals surface area contributed by atoms with Gasteiger partial charge in [-0.25, -0.2) is 4.98 Å². The van der Waals surface area contributed by atoms with Gasteiger partial charge in [-0.1, -0.05) is 6.92 Å². The zero-order chi connectivity index (χ0) is 13.0. The van der Waals surface area contributed by atoms with E-state index in [1.807, 2.05) is 18.7 Å². The van der Waals surface area contributed by atoms with E-state index in [1.165, 1.54) is 17.9 Å². The third kappa shape index (κ3) is 3.28. The highest BCUT2D eigenvalue weighted by Gasteiger charge is 2.21. The monoisotopic (exact) mass is 266 g/mol. The SMILES string of the molecule is CCCNc1nc(C)cc(N(C)C2CCSC2)n1. The lowest BCUT2D eigenvalue weighted by molar-refractivity contribution is 0.690. The molecule has 5 heteroatoms. The fourth-order valence-electron chi connectivity index (χ4n) is 2.06. The van der Waals surface area contributed by atoms with Gasteiger partial charge in [0.1, 0.15) is 5.82 Å². The zero-order valence-electron chi connectivity index (χ0n) is 11.4. The number of aromatic nitrogens is 2. The number of nitrogens with zero attached hydrogens (tertiary/aromatic N) is 3. The lowest BCUT2D eigenvalue weighted by atomic mass is 10.2. The minimum Gasteiger partial charge on any atom is -0.356 e. The van der Waals surface area contributed by atoms with Crippen LogP contribution in [0.15, 0.2) is 6.07 Å². The number of thioether (sulfide) groups is 1. The van der Waals surface area contributed by atoms with Gasteiger partial charge in [-0.05, 0) is 25.5 Å². The zero-order valence-corrected chi connectivity index (χ0v) is 12.3. The molecule has 0 saturated carbocycles. The van der Waals surface area contributed by atoms with Gasteiger partial charge >= 0.3 is 0 Å². The molecule has 1 aromatic rings. The van der Waals surface area contributed by atoms with E-state index in [-0.39, 0.29) is 0 Å². The van der Waals surface area contributed by atoms with E-state index < -0.39 is 0 Å². The highest BCUT2D eigenvalue weighted by atomic mass is 32.2. The van der Waals surface area contributed by atoms with E-state index in [9.17, 15) is 0 Å². The van der Waals surface area contributed by atoms with Crippen molar-refractivity contribution in [1.29, 1.82) is 0 Å². The summed E-state index contributed by atoms with van der Waals surface area (Å²) in [5, 5.41) is 3.27. The molecule has 0 aliphatic carbocycles. The van der Waals surface area contributed by atoms with Crippen LogP contribution in [0, 0.1) is 6.92 Å². The predicted molar refractivity (Wildman–Crippen MR) is 79.7 cm³/mol. The molecule has 1 aromatic heterocycles. The number of hydrogen-bond acceptors (Lipinski definition) is 5. The third-order valence-corrected chi connectivity index (χ3v) is 4.33. The summed E-state index contributed by atoms with van der Waals surface area (Å²) in [5.41, 5.74) is 1.02. The minimum atomic E-state index is 0.614. The lowest BCUT2D eigenvalue weighted by Crippen LogP contribution is -2.32. The first kappa shape index (κ1) is 13.5. The maximum atomic E-state index is 4.61. The summed E-state index contributed by atoms with van der Waals surface area (Å²) in [6.45, 7) is 5.09. The van der Waals surface area contributed by atoms with E-state index in [0.717, 1.165) is 30.4 Å². The molecule has 0 spiro atoms. The van der Waals surface area contributed by atoms with Crippen LogP contribution in [0.3, 0.4) is 0 Å². The van der Waals surface area contributed by atoms with Crippen molar-refractivity contribution in [2.24, 2.45) is 0 Å². The normalized spacial score (nSPS) is 18.9. The molecule has 1 fully saturated rings. The first-order chi connectivity index (χ1) is 8.70. The van der Waals surface area contributed by atoms with E-state index in [2.05, 4.69) is 40.2 Å². The number of hydrogen-bond donors (Lipinski definition) is 1. The van der Waals surface area contributed by atoms with Crippen LogP contribution in [0.2, 0.25) is 0 Å². The molecule has 1 atom stereocenters. The molecule has 100 valence electrons. The third-order valence-electron chi connectivity index (χ3n) is 3.19. The van der Waals surface area contributed by atoms with Crippen molar-refractivity contribution in [3.8, 4) is 0 Å². The highest BCUT2D eigenvalue weighted by molar-refractivity contribution is 7.99. The number of anilines is 2. The fraction of sp³-hybridized carbons (Fsp3) is 0.692. The van der Waals surface area contributed by atoms with Crippen molar-refractivity contribution in [2.45, 2.75) is 32.7 Å². The molecular formula is C13H22N4S. The maximum absolute atomic E-state index is 4.61. The summed E-state index contributed by atoms with van der Waals surface area (Å²) >= 11 is 2.03. The summed E-state index contributed by atoms with van der Waals surface area (Å²) in [5.74, 6) is 4.26. The molecule has 0 radical (unpaired) electrons. The molecular weight excluding hydrogens is 244 g/mol. The Bertz CT molecular complexity index is 391. The molecule has 0 bridgehead atoms. The molecule has 1 aliphatic rings. The molecule has 1 aliphatic heterocycles. The Morgan fingerprint density at radius 2 is 2.33 bits per heavy atom. The van der Waals surface area contributed by atoms with Crippen molar-refractivity contribution < 1.29 is 0 Å². The number of aryl methyl sites for hydroxylation is 1. The van der Waals surface area contributed by atoms with Gasteiger partial charge in [0, 0.05) is 37.1 Å². The first-order valence-corrected chi connectivity index (χ1v) is 7.76. The Morgan fingerprint density at radius 1 is 1.50 bits per heavy atom. The van der Waals surface area contributed by atoms with Crippen molar-refractivity contribution >= 4 is 23.5 Å². The molecule has 1 N–H and O–H groups in total. The van der Waals surface area contributed by atoms with Crippen LogP contribution in [0.5, 0.6) is 0 Å². The average Bonchev–Trinajstić information content (AvgIpc) is 2.88. The second-order valence-electron chi connectivity index (χ2n) is 4.75. The molecule has 0 aromatic carbocycles. The van der Waals surface area contributed by atoms with Crippen molar-refractivity contribution in [1.82, 2.24) is 9.97 Å². The van der Waals surface area contributed by atoms with Crippen LogP contribution in [0.25, 0.3) is 0 Å². The van der Waals surface area contributed by atoms with Crippen molar-refractivity contribution in [2.75, 3.05) is 35.3 Å². The minimum absolute atomic E-state index is 0.614. The molecule has 1 unspecified atom stereocenters. The standard InChI is InChI=1S/C13H22N4S/c1-4-6-14-13-15-10(2)8-12(16-13)17(3)11-5-7-18-9-11/h8,11H,4-7,9H2,1-3H3,(H,14,15,16). The van der Waals surface area contributed by atoms with Crippen LogP contribution in [-0.4, -0.2) is 41.1 Å². The van der Waals surface area contributed by atoms with Gasteiger partial charge in [-0.15, -0.1) is 0 Å². The van der Waals surface area contributed by atoms with Gasteiger partial charge in [0.25, 0.3) is 0 Å². The van der Waals surface area contributed by atoms with Crippen LogP contribution in [0.1, 0.15) is 25.5 Å². The summed E-state index contributed by atoms with van der Waals surface area (Å²) < 4.78 is 0. The molecule has 0 amide bonds. The number of rotatable bonds is 5. The fourth-order valence-corrected chi connectivity index (χ4v) is 3.33. The molecule has 2 heterocycles. The van der Waals surface area contributed by atoms with Gasteiger partial charge in [0.15, 0.2) is 0 Å². The summed E-state index contributed by atoms with van der Waals surface area (Å²) in [6, 6.07) is 2.68. The van der Waals surface area contributed by atoms with E-state index >= 15 is 0 Å². The van der Waals surface area contributed by atoms with Gasteiger partial charge in [0.05, 0.1) is 0 Å². The Labute approximate surface area is 114 Å². The molecule has 2 rings (SSSR count). The topological polar surface area (TPSA) is 41.1 Å². The summed E-state index contributed by atoms with van der Waals surface area (Å²) in [6.07, 6.45) is 2.34. The largest absolute Gasteiger partial charge is 0.356 e.